The lowest BCUT2D eigenvalue weighted by atomic mass is 10.5. The summed E-state index contributed by atoms with van der Waals surface area (Å²) in [4.78, 5) is 9.91. The summed E-state index contributed by atoms with van der Waals surface area (Å²) in [7, 11) is 1.40. The molecule has 0 aromatic carbocycles. The number of rotatable bonds is 2. The van der Waals surface area contributed by atoms with Gasteiger partial charge in [-0.25, -0.2) is 0 Å². The molecule has 0 fully saturated rings. The highest BCUT2D eigenvalue weighted by Crippen LogP contribution is 2.04. The van der Waals surface area contributed by atoms with Crippen molar-refractivity contribution >= 4 is 17.9 Å². The molecule has 0 atom stereocenters. The van der Waals surface area contributed by atoms with Gasteiger partial charge in [0.15, 0.2) is 12.0 Å². The Bertz CT molecular complexity index is 114. The molecule has 0 heterocycles. The topological polar surface area (TPSA) is 26.3 Å². The molecule has 8 heavy (non-hydrogen) atoms. The Morgan fingerprint density at radius 1 is 1.75 bits per heavy atom. The smallest absolute Gasteiger partial charge is 0.185 e. The molecule has 0 saturated heterocycles. The Balaban J connectivity index is 4.07. The van der Waals surface area contributed by atoms with Crippen LogP contribution in [0.2, 0.25) is 0 Å². The van der Waals surface area contributed by atoms with Gasteiger partial charge < -0.3 is 4.74 Å². The predicted octanol–water partition coefficient (Wildman–Crippen LogP) is 1.30. The van der Waals surface area contributed by atoms with Crippen LogP contribution in [0.25, 0.3) is 0 Å². The van der Waals surface area contributed by atoms with Gasteiger partial charge in [-0.3, -0.25) is 4.79 Å². The molecule has 3 heteroatoms. The van der Waals surface area contributed by atoms with Gasteiger partial charge in [-0.1, -0.05) is 11.6 Å². The van der Waals surface area contributed by atoms with Crippen LogP contribution in [-0.4, -0.2) is 13.4 Å². The summed E-state index contributed by atoms with van der Waals surface area (Å²) in [6.07, 6.45) is 0.572. The van der Waals surface area contributed by atoms with Crippen molar-refractivity contribution in [3.63, 3.8) is 0 Å². The van der Waals surface area contributed by atoms with E-state index in [-0.39, 0.29) is 5.76 Å². The lowest BCUT2D eigenvalue weighted by Gasteiger charge is -1.94. The number of hydrogen-bond acceptors (Lipinski definition) is 2. The van der Waals surface area contributed by atoms with Crippen molar-refractivity contribution < 1.29 is 9.53 Å². The molecule has 0 radical (unpaired) electrons. The third-order valence-corrected chi connectivity index (χ3v) is 0.853. The first-order valence-electron chi connectivity index (χ1n) is 2.08. The normalized spacial score (nSPS) is 12.4. The molecule has 0 rings (SSSR count). The summed E-state index contributed by atoms with van der Waals surface area (Å²) in [5, 5.41) is 0.377. The van der Waals surface area contributed by atoms with E-state index in [2.05, 4.69) is 4.74 Å². The average Bonchev–Trinajstić information content (AvgIpc) is 1.69. The fourth-order valence-electron chi connectivity index (χ4n) is 0.270. The molecule has 0 amide bonds. The second kappa shape index (κ2) is 3.50. The average molecular weight is 135 g/mol. The summed E-state index contributed by atoms with van der Waals surface area (Å²) in [6, 6.07) is 0. The molecular formula is C5H7ClO2. The second-order valence-electron chi connectivity index (χ2n) is 1.22. The van der Waals surface area contributed by atoms with Crippen molar-refractivity contribution in [3.05, 3.63) is 10.8 Å². The van der Waals surface area contributed by atoms with Gasteiger partial charge in [-0.05, 0) is 6.92 Å². The quantitative estimate of drug-likeness (QED) is 0.323. The van der Waals surface area contributed by atoms with E-state index in [4.69, 9.17) is 11.6 Å². The Kier molecular flexibility index (Phi) is 3.28. The van der Waals surface area contributed by atoms with Crippen molar-refractivity contribution in [2.75, 3.05) is 7.11 Å². The van der Waals surface area contributed by atoms with Crippen molar-refractivity contribution in [2.45, 2.75) is 6.92 Å². The van der Waals surface area contributed by atoms with Gasteiger partial charge in [0, 0.05) is 0 Å². The van der Waals surface area contributed by atoms with Crippen LogP contribution in [-0.2, 0) is 9.53 Å². The fourth-order valence-corrected chi connectivity index (χ4v) is 0.392. The first-order chi connectivity index (χ1) is 3.72. The summed E-state index contributed by atoms with van der Waals surface area (Å²) >= 11 is 5.37. The van der Waals surface area contributed by atoms with E-state index in [0.717, 1.165) is 0 Å². The van der Waals surface area contributed by atoms with Gasteiger partial charge in [-0.15, -0.1) is 0 Å². The molecule has 0 N–H and O–H groups in total. The largest absolute Gasteiger partial charge is 0.492 e. The maximum absolute atomic E-state index is 9.91. The van der Waals surface area contributed by atoms with Crippen molar-refractivity contribution in [1.82, 2.24) is 0 Å². The third-order valence-electron chi connectivity index (χ3n) is 0.666. The highest BCUT2D eigenvalue weighted by atomic mass is 35.5. The van der Waals surface area contributed by atoms with Crippen LogP contribution in [0.5, 0.6) is 0 Å². The first-order valence-corrected chi connectivity index (χ1v) is 2.45. The summed E-state index contributed by atoms with van der Waals surface area (Å²) < 4.78 is 4.54. The molecule has 0 aliphatic heterocycles. The van der Waals surface area contributed by atoms with E-state index in [9.17, 15) is 4.79 Å². The van der Waals surface area contributed by atoms with Crippen LogP contribution in [0.1, 0.15) is 6.92 Å². The zero-order valence-electron chi connectivity index (χ0n) is 4.77. The molecule has 0 aromatic heterocycles. The number of ether oxygens (including phenoxy) is 1. The maximum atomic E-state index is 9.91. The van der Waals surface area contributed by atoms with Crippen LogP contribution in [0.4, 0.5) is 0 Å². The predicted molar refractivity (Wildman–Crippen MR) is 31.6 cm³/mol. The van der Waals surface area contributed by atoms with Crippen LogP contribution in [0, 0.1) is 0 Å². The standard InChI is InChI=1S/C5H7ClO2/c1-4(6)5(3-7)8-2/h3H,1-2H3/b5-4+. The monoisotopic (exact) mass is 134 g/mol. The highest BCUT2D eigenvalue weighted by Gasteiger charge is 1.94. The molecule has 0 aliphatic carbocycles. The van der Waals surface area contributed by atoms with Crippen molar-refractivity contribution in [1.29, 1.82) is 0 Å². The third kappa shape index (κ3) is 1.98. The van der Waals surface area contributed by atoms with Gasteiger partial charge in [0.1, 0.15) is 0 Å². The summed E-state index contributed by atoms with van der Waals surface area (Å²) in [6.45, 7) is 1.59. The number of halogens is 1. The Morgan fingerprint density at radius 2 is 2.25 bits per heavy atom. The lowest BCUT2D eigenvalue weighted by Crippen LogP contribution is -1.87. The number of allylic oxidation sites excluding steroid dienone is 2. The van der Waals surface area contributed by atoms with E-state index in [1.54, 1.807) is 6.92 Å². The van der Waals surface area contributed by atoms with Crippen LogP contribution in [0.3, 0.4) is 0 Å². The molecule has 2 nitrogen and oxygen atoms in total. The molecule has 0 aliphatic rings. The molecule has 0 aromatic rings. The Morgan fingerprint density at radius 3 is 2.25 bits per heavy atom. The minimum atomic E-state index is 0.187. The number of carbonyl (C=O) groups is 1. The lowest BCUT2D eigenvalue weighted by molar-refractivity contribution is -0.107. The molecule has 0 unspecified atom stereocenters. The van der Waals surface area contributed by atoms with E-state index in [1.807, 2.05) is 0 Å². The number of hydrogen-bond donors (Lipinski definition) is 0. The molecule has 0 bridgehead atoms. The maximum Gasteiger partial charge on any atom is 0.185 e. The van der Waals surface area contributed by atoms with Gasteiger partial charge in [0.25, 0.3) is 0 Å². The molecular weight excluding hydrogens is 128 g/mol. The summed E-state index contributed by atoms with van der Waals surface area (Å²) in [5.74, 6) is 0.187. The van der Waals surface area contributed by atoms with Crippen molar-refractivity contribution in [3.8, 4) is 0 Å². The zero-order chi connectivity index (χ0) is 6.57. The Hall–Kier alpha value is -0.500. The van der Waals surface area contributed by atoms with Gasteiger partial charge in [0.05, 0.1) is 12.1 Å². The minimum Gasteiger partial charge on any atom is -0.492 e. The van der Waals surface area contributed by atoms with E-state index in [0.29, 0.717) is 11.3 Å². The number of carbonyl (C=O) groups excluding carboxylic acids is 1. The molecule has 0 saturated carbocycles. The van der Waals surface area contributed by atoms with E-state index < -0.39 is 0 Å². The van der Waals surface area contributed by atoms with Crippen LogP contribution >= 0.6 is 11.6 Å². The van der Waals surface area contributed by atoms with Crippen LogP contribution < -0.4 is 0 Å². The Labute approximate surface area is 53.1 Å². The van der Waals surface area contributed by atoms with Gasteiger partial charge >= 0.3 is 0 Å². The minimum absolute atomic E-state index is 0.187. The number of aldehydes is 1. The summed E-state index contributed by atoms with van der Waals surface area (Å²) in [5.41, 5.74) is 0. The van der Waals surface area contributed by atoms with E-state index >= 15 is 0 Å². The zero-order valence-corrected chi connectivity index (χ0v) is 5.53. The molecule has 0 spiro atoms. The first kappa shape index (κ1) is 7.50. The van der Waals surface area contributed by atoms with Gasteiger partial charge in [-0.2, -0.15) is 0 Å². The fraction of sp³-hybridized carbons (Fsp3) is 0.400. The molecule has 46 valence electrons. The highest BCUT2D eigenvalue weighted by molar-refractivity contribution is 6.30. The van der Waals surface area contributed by atoms with E-state index in [1.165, 1.54) is 7.11 Å². The number of methoxy groups -OCH3 is 1. The van der Waals surface area contributed by atoms with Crippen LogP contribution in [0.15, 0.2) is 10.8 Å². The van der Waals surface area contributed by atoms with Gasteiger partial charge in [0.2, 0.25) is 0 Å². The van der Waals surface area contributed by atoms with Crippen molar-refractivity contribution in [2.24, 2.45) is 0 Å². The SMILES string of the molecule is CO/C(C=O)=C(\C)Cl. The second-order valence-corrected chi connectivity index (χ2v) is 1.79.